The fourth-order valence-corrected chi connectivity index (χ4v) is 4.62. The predicted molar refractivity (Wildman–Crippen MR) is 324 cm³/mol. The van der Waals surface area contributed by atoms with E-state index in [1.807, 2.05) is 107 Å². The molecule has 0 aliphatic rings. The molecule has 422 valence electrons. The fourth-order valence-electron chi connectivity index (χ4n) is 4.62. The Balaban J connectivity index is -0.0000000581. The van der Waals surface area contributed by atoms with Crippen molar-refractivity contribution in [3.05, 3.63) is 154 Å². The van der Waals surface area contributed by atoms with Gasteiger partial charge in [-0.3, -0.25) is 0 Å². The second-order valence-electron chi connectivity index (χ2n) is 22.7. The van der Waals surface area contributed by atoms with Gasteiger partial charge < -0.3 is 0 Å². The average Bonchev–Trinajstić information content (AvgIpc) is 3.27. The molecule has 2 radical (unpaired) electrons. The van der Waals surface area contributed by atoms with Crippen molar-refractivity contribution in [3.8, 4) is 0 Å². The van der Waals surface area contributed by atoms with E-state index >= 15 is 0 Å². The maximum Gasteiger partial charge on any atom is 0 e. The molecule has 0 atom stereocenters. The van der Waals surface area contributed by atoms with Gasteiger partial charge in [-0.1, -0.05) is 266 Å². The number of rotatable bonds is 2. The molecule has 0 saturated carbocycles. The van der Waals surface area contributed by atoms with Crippen LogP contribution in [0, 0.1) is 34.8 Å². The van der Waals surface area contributed by atoms with Crippen LogP contribution >= 0.6 is 0 Å². The molecule has 0 saturated heterocycles. The summed E-state index contributed by atoms with van der Waals surface area (Å²) in [6.07, 6.45) is 0. The Bertz CT molecular complexity index is 1490. The van der Waals surface area contributed by atoms with Gasteiger partial charge in [0.2, 0.25) is 0 Å². The molecule has 0 unspecified atom stereocenters. The van der Waals surface area contributed by atoms with E-state index in [9.17, 15) is 0 Å². The molecule has 4 rings (SSSR count). The second-order valence-corrected chi connectivity index (χ2v) is 22.7. The second kappa shape index (κ2) is 56.4. The quantitative estimate of drug-likeness (QED) is 0.176. The van der Waals surface area contributed by atoms with Crippen LogP contribution < -0.4 is 0 Å². The molecule has 0 nitrogen and oxygen atoms in total. The monoisotopic (exact) mass is 1410 g/mol. The summed E-state index contributed by atoms with van der Waals surface area (Å²) in [7, 11) is 0. The molecule has 4 aromatic carbocycles. The first kappa shape index (κ1) is 100. The first-order chi connectivity index (χ1) is 31.0. The maximum absolute atomic E-state index is 3.21. The minimum absolute atomic E-state index is 0. The third kappa shape index (κ3) is 69.2. The molecular weight excluding hydrogens is 1290 g/mol. The molecule has 0 amide bonds. The Morgan fingerprint density at radius 1 is 0.333 bits per heavy atom. The van der Waals surface area contributed by atoms with Crippen molar-refractivity contribution in [1.29, 1.82) is 0 Å². The van der Waals surface area contributed by atoms with Gasteiger partial charge in [-0.25, -0.2) is 0 Å². The smallest absolute Gasteiger partial charge is 0 e. The van der Waals surface area contributed by atoms with Crippen LogP contribution in [0.4, 0.5) is 0 Å². The van der Waals surface area contributed by atoms with Gasteiger partial charge in [-0.15, -0.1) is 29.8 Å². The fraction of sp³-hybridized carbons (Fsp3) is 0.618. The van der Waals surface area contributed by atoms with E-state index in [0.29, 0.717) is 10.8 Å². The summed E-state index contributed by atoms with van der Waals surface area (Å²) in [5.41, 5.74) is 10.2. The van der Waals surface area contributed by atoms with Crippen molar-refractivity contribution < 1.29 is 79.2 Å². The topological polar surface area (TPSA) is 0 Å². The number of hydrogen-bond donors (Lipinski definition) is 0. The summed E-state index contributed by atoms with van der Waals surface area (Å²) in [5, 5.41) is 0. The SMILES string of the molecule is CC.CC.CC.CC.CC.CC.CC(C)(C)C.CC(C)(C)C.CC(C)(C)c1[c-]cccc1.CC(C)(C)c1cc[c-]cc1.C[C-](C)c1ccc(C(C)(C)C)cc1.C[C-](C)c1ccccc1C(C)(C)C.[V].[V].[W].[W]. The largest absolute Gasteiger partial charge is 0.189 e. The normalized spacial score (nSPS) is 9.50. The molecule has 0 N–H and O–H groups in total. The Hall–Kier alpha value is -0.835. The molecule has 0 aliphatic carbocycles. The maximum atomic E-state index is 3.21. The molecule has 0 spiro atoms. The molecule has 0 fully saturated rings. The van der Waals surface area contributed by atoms with Crippen molar-refractivity contribution in [1.82, 2.24) is 0 Å². The minimum atomic E-state index is 0. The standard InChI is InChI=1S/2C13H19.2C10H13.2C5H12.6C2H6.2V.2W/c1-10(2)11-6-8-12(9-7-11)13(3,4)5;1-10(2)11-8-6-7-9-12(11)13(3,4)5;2*1-10(2,3)9-7-5-4-6-8-9;2*1-5(2,3)4;6*1-2;;;;/h2*6-9H,1-5H3;5-8H,1-3H3;4-7H,1-3H3;2*1-4H3;6*1-2H3;;;;/q4*-1;;;;;;;;;;;;. The van der Waals surface area contributed by atoms with Gasteiger partial charge in [-0.2, -0.15) is 113 Å². The molecule has 0 heterocycles. The van der Waals surface area contributed by atoms with Crippen LogP contribution in [-0.2, 0) is 101 Å². The first-order valence-electron chi connectivity index (χ1n) is 26.8. The van der Waals surface area contributed by atoms with E-state index in [0.717, 1.165) is 0 Å². The van der Waals surface area contributed by atoms with E-state index in [4.69, 9.17) is 0 Å². The zero-order valence-corrected chi connectivity index (χ0v) is 63.6. The van der Waals surface area contributed by atoms with E-state index in [-0.39, 0.29) is 101 Å². The van der Waals surface area contributed by atoms with Gasteiger partial charge >= 0.3 is 0 Å². The van der Waals surface area contributed by atoms with Gasteiger partial charge in [0.25, 0.3) is 0 Å². The van der Waals surface area contributed by atoms with Crippen molar-refractivity contribution in [2.75, 3.05) is 0 Å². The summed E-state index contributed by atoms with van der Waals surface area (Å²) in [6, 6.07) is 40.0. The summed E-state index contributed by atoms with van der Waals surface area (Å²) in [6.45, 7) is 76.8. The van der Waals surface area contributed by atoms with E-state index in [2.05, 4.69) is 251 Å². The third-order valence-electron chi connectivity index (χ3n) is 7.70. The minimum Gasteiger partial charge on any atom is -0.189 e. The Morgan fingerprint density at radius 3 is 0.847 bits per heavy atom. The van der Waals surface area contributed by atoms with Crippen LogP contribution in [0.1, 0.15) is 283 Å². The zero-order chi connectivity index (χ0) is 56.3. The summed E-state index contributed by atoms with van der Waals surface area (Å²) >= 11 is 0. The molecule has 0 aliphatic heterocycles. The van der Waals surface area contributed by atoms with Crippen molar-refractivity contribution in [3.63, 3.8) is 0 Å². The Labute approximate surface area is 511 Å². The van der Waals surface area contributed by atoms with Gasteiger partial charge in [0, 0.05) is 79.2 Å². The van der Waals surface area contributed by atoms with Gasteiger partial charge in [0.15, 0.2) is 0 Å². The molecule has 0 bridgehead atoms. The van der Waals surface area contributed by atoms with Crippen LogP contribution in [0.2, 0.25) is 0 Å². The molecule has 0 aromatic heterocycles. The average molecular weight is 1410 g/mol. The van der Waals surface area contributed by atoms with Crippen molar-refractivity contribution in [2.45, 2.75) is 271 Å². The zero-order valence-electron chi connectivity index (χ0n) is 54.9. The molecule has 4 aromatic rings. The van der Waals surface area contributed by atoms with Crippen LogP contribution in [0.3, 0.4) is 0 Å². The van der Waals surface area contributed by atoms with Crippen LogP contribution in [0.15, 0.2) is 97.1 Å². The van der Waals surface area contributed by atoms with E-state index < -0.39 is 0 Å². The first-order valence-corrected chi connectivity index (χ1v) is 26.8. The summed E-state index contributed by atoms with van der Waals surface area (Å²) < 4.78 is 0. The molecule has 72 heavy (non-hydrogen) atoms. The molecular formula is C68H124V2W2-4. The van der Waals surface area contributed by atoms with Crippen LogP contribution in [-0.4, -0.2) is 0 Å². The van der Waals surface area contributed by atoms with Crippen molar-refractivity contribution in [2.24, 2.45) is 10.8 Å². The predicted octanol–water partition coefficient (Wildman–Crippen LogP) is 23.7. The van der Waals surface area contributed by atoms with Gasteiger partial charge in [0.05, 0.1) is 0 Å². The third-order valence-corrected chi connectivity index (χ3v) is 7.70. The van der Waals surface area contributed by atoms with E-state index in [1.54, 1.807) is 0 Å². The van der Waals surface area contributed by atoms with Crippen LogP contribution in [0.5, 0.6) is 0 Å². The number of benzene rings is 4. The summed E-state index contributed by atoms with van der Waals surface area (Å²) in [4.78, 5) is 0. The number of hydrogen-bond acceptors (Lipinski definition) is 0. The van der Waals surface area contributed by atoms with Gasteiger partial charge in [0.1, 0.15) is 0 Å². The summed E-state index contributed by atoms with van der Waals surface area (Å²) in [5.74, 6) is 2.77. The van der Waals surface area contributed by atoms with Crippen LogP contribution in [0.25, 0.3) is 0 Å². The molecule has 4 heteroatoms. The van der Waals surface area contributed by atoms with Gasteiger partial charge in [-0.05, 0) is 27.1 Å². The van der Waals surface area contributed by atoms with Crippen molar-refractivity contribution >= 4 is 0 Å². The Morgan fingerprint density at radius 2 is 0.639 bits per heavy atom. The Kier molecular flexibility index (Phi) is 78.4. The van der Waals surface area contributed by atoms with E-state index in [1.165, 1.54) is 45.2 Å².